The fourth-order valence-electron chi connectivity index (χ4n) is 2.04. The van der Waals surface area contributed by atoms with Crippen LogP contribution < -0.4 is 4.90 Å². The van der Waals surface area contributed by atoms with Gasteiger partial charge in [-0.15, -0.1) is 0 Å². The highest BCUT2D eigenvalue weighted by molar-refractivity contribution is 5.74. The molecule has 1 aromatic rings. The molecule has 0 heterocycles. The largest absolute Gasteiger partial charge is 0.481 e. The molecule has 1 N–H and O–H groups in total. The van der Waals surface area contributed by atoms with Crippen LogP contribution in [0.1, 0.15) is 33.3 Å². The maximum atomic E-state index is 11.1. The minimum absolute atomic E-state index is 0.553. The lowest BCUT2D eigenvalue weighted by Gasteiger charge is -2.23. The van der Waals surface area contributed by atoms with E-state index in [4.69, 9.17) is 5.11 Å². The summed E-state index contributed by atoms with van der Waals surface area (Å²) in [6, 6.07) is 8.17. The first-order valence-electron chi connectivity index (χ1n) is 6.48. The van der Waals surface area contributed by atoms with Gasteiger partial charge in [0.15, 0.2) is 0 Å². The summed E-state index contributed by atoms with van der Waals surface area (Å²) in [5.74, 6) is -0.754. The molecule has 0 aliphatic carbocycles. The molecule has 18 heavy (non-hydrogen) atoms. The number of benzene rings is 1. The third kappa shape index (κ3) is 3.49. The van der Waals surface area contributed by atoms with E-state index in [1.807, 2.05) is 12.1 Å². The van der Waals surface area contributed by atoms with E-state index in [1.54, 1.807) is 13.8 Å². The maximum absolute atomic E-state index is 11.1. The predicted molar refractivity (Wildman–Crippen MR) is 75.1 cm³/mol. The topological polar surface area (TPSA) is 40.5 Å². The maximum Gasteiger partial charge on any atom is 0.309 e. The molecule has 1 rings (SSSR count). The smallest absolute Gasteiger partial charge is 0.309 e. The molecule has 0 aromatic heterocycles. The van der Waals surface area contributed by atoms with Crippen molar-refractivity contribution in [1.29, 1.82) is 0 Å². The molecule has 0 radical (unpaired) electrons. The van der Waals surface area contributed by atoms with E-state index in [2.05, 4.69) is 30.9 Å². The first kappa shape index (κ1) is 14.6. The van der Waals surface area contributed by atoms with Crippen molar-refractivity contribution in [3.63, 3.8) is 0 Å². The van der Waals surface area contributed by atoms with Gasteiger partial charge >= 0.3 is 5.97 Å². The molecule has 0 fully saturated rings. The zero-order valence-corrected chi connectivity index (χ0v) is 11.7. The van der Waals surface area contributed by atoms with Crippen LogP contribution in [0.25, 0.3) is 0 Å². The van der Waals surface area contributed by atoms with Gasteiger partial charge in [-0.25, -0.2) is 0 Å². The fraction of sp³-hybridized carbons (Fsp3) is 0.533. The van der Waals surface area contributed by atoms with Crippen molar-refractivity contribution in [3.05, 3.63) is 29.8 Å². The van der Waals surface area contributed by atoms with Crippen LogP contribution in [0.5, 0.6) is 0 Å². The summed E-state index contributed by atoms with van der Waals surface area (Å²) in [7, 11) is 0. The molecule has 0 aliphatic rings. The molecule has 3 nitrogen and oxygen atoms in total. The third-order valence-corrected chi connectivity index (χ3v) is 3.26. The first-order valence-corrected chi connectivity index (χ1v) is 6.48. The van der Waals surface area contributed by atoms with Gasteiger partial charge in [0.1, 0.15) is 0 Å². The van der Waals surface area contributed by atoms with E-state index in [0.717, 1.165) is 18.7 Å². The lowest BCUT2D eigenvalue weighted by atomic mass is 9.86. The molecule has 0 unspecified atom stereocenters. The summed E-state index contributed by atoms with van der Waals surface area (Å²) < 4.78 is 0. The Kier molecular flexibility index (Phi) is 4.76. The van der Waals surface area contributed by atoms with Crippen LogP contribution in [0.2, 0.25) is 0 Å². The van der Waals surface area contributed by atoms with Gasteiger partial charge < -0.3 is 10.0 Å². The van der Waals surface area contributed by atoms with Gasteiger partial charge in [0.05, 0.1) is 5.41 Å². The number of hydrogen-bond donors (Lipinski definition) is 1. The van der Waals surface area contributed by atoms with Crippen LogP contribution in [0.4, 0.5) is 5.69 Å². The Labute approximate surface area is 109 Å². The number of aliphatic carboxylic acids is 1. The lowest BCUT2D eigenvalue weighted by Crippen LogP contribution is -2.26. The quantitative estimate of drug-likeness (QED) is 0.841. The minimum atomic E-state index is -0.754. The summed E-state index contributed by atoms with van der Waals surface area (Å²) in [5.41, 5.74) is 1.52. The van der Waals surface area contributed by atoms with E-state index in [9.17, 15) is 4.79 Å². The van der Waals surface area contributed by atoms with Crippen LogP contribution in [-0.4, -0.2) is 24.2 Å². The van der Waals surface area contributed by atoms with E-state index < -0.39 is 11.4 Å². The van der Waals surface area contributed by atoms with Gasteiger partial charge in [0.2, 0.25) is 0 Å². The highest BCUT2D eigenvalue weighted by atomic mass is 16.4. The summed E-state index contributed by atoms with van der Waals surface area (Å²) in [4.78, 5) is 13.4. The van der Waals surface area contributed by atoms with Crippen molar-refractivity contribution in [2.45, 2.75) is 34.1 Å². The number of rotatable bonds is 6. The molecule has 0 saturated carbocycles. The number of carboxylic acid groups (broad SMARTS) is 1. The Balaban J connectivity index is 2.92. The summed E-state index contributed by atoms with van der Waals surface area (Å²) in [5, 5.41) is 9.16. The van der Waals surface area contributed by atoms with E-state index >= 15 is 0 Å². The Morgan fingerprint density at radius 1 is 1.28 bits per heavy atom. The zero-order valence-electron chi connectivity index (χ0n) is 11.7. The van der Waals surface area contributed by atoms with Crippen LogP contribution in [0.3, 0.4) is 0 Å². The summed E-state index contributed by atoms with van der Waals surface area (Å²) in [6.45, 7) is 9.69. The van der Waals surface area contributed by atoms with Crippen molar-refractivity contribution in [2.75, 3.05) is 18.0 Å². The van der Waals surface area contributed by atoms with Gasteiger partial charge in [-0.3, -0.25) is 4.79 Å². The van der Waals surface area contributed by atoms with Crippen LogP contribution in [-0.2, 0) is 11.2 Å². The second kappa shape index (κ2) is 5.89. The molecule has 0 amide bonds. The van der Waals surface area contributed by atoms with Crippen molar-refractivity contribution in [3.8, 4) is 0 Å². The summed E-state index contributed by atoms with van der Waals surface area (Å²) >= 11 is 0. The van der Waals surface area contributed by atoms with Crippen LogP contribution in [0, 0.1) is 5.41 Å². The van der Waals surface area contributed by atoms with Crippen molar-refractivity contribution in [1.82, 2.24) is 0 Å². The van der Waals surface area contributed by atoms with Gasteiger partial charge in [0.25, 0.3) is 0 Å². The second-order valence-corrected chi connectivity index (χ2v) is 5.21. The number of hydrogen-bond acceptors (Lipinski definition) is 2. The van der Waals surface area contributed by atoms with E-state index in [-0.39, 0.29) is 0 Å². The monoisotopic (exact) mass is 249 g/mol. The predicted octanol–water partition coefficient (Wildman–Crippen LogP) is 3.19. The third-order valence-electron chi connectivity index (χ3n) is 3.26. The molecule has 0 bridgehead atoms. The van der Waals surface area contributed by atoms with Crippen LogP contribution in [0.15, 0.2) is 24.3 Å². The van der Waals surface area contributed by atoms with Gasteiger partial charge in [-0.05, 0) is 51.8 Å². The Bertz CT molecular complexity index is 409. The first-order chi connectivity index (χ1) is 8.40. The second-order valence-electron chi connectivity index (χ2n) is 5.21. The van der Waals surface area contributed by atoms with Gasteiger partial charge in [-0.1, -0.05) is 12.1 Å². The molecular weight excluding hydrogens is 226 g/mol. The van der Waals surface area contributed by atoms with Crippen molar-refractivity contribution < 1.29 is 9.90 Å². The van der Waals surface area contributed by atoms with Gasteiger partial charge in [0, 0.05) is 18.8 Å². The van der Waals surface area contributed by atoms with Gasteiger partial charge in [-0.2, -0.15) is 0 Å². The van der Waals surface area contributed by atoms with E-state index in [1.165, 1.54) is 5.69 Å². The lowest BCUT2D eigenvalue weighted by molar-refractivity contribution is -0.146. The normalized spacial score (nSPS) is 11.3. The van der Waals surface area contributed by atoms with Crippen molar-refractivity contribution in [2.24, 2.45) is 5.41 Å². The number of nitrogens with zero attached hydrogens (tertiary/aromatic N) is 1. The number of carboxylic acids is 1. The minimum Gasteiger partial charge on any atom is -0.481 e. The Hall–Kier alpha value is -1.51. The fourth-order valence-corrected chi connectivity index (χ4v) is 2.04. The average Bonchev–Trinajstić information content (AvgIpc) is 2.30. The van der Waals surface area contributed by atoms with Crippen LogP contribution >= 0.6 is 0 Å². The Morgan fingerprint density at radius 2 is 1.89 bits per heavy atom. The molecule has 0 atom stereocenters. The van der Waals surface area contributed by atoms with Crippen molar-refractivity contribution >= 4 is 11.7 Å². The average molecular weight is 249 g/mol. The molecule has 100 valence electrons. The standard InChI is InChI=1S/C15H23NO2/c1-5-16(6-2)13-9-7-8-12(10-13)11-15(3,4)14(17)18/h7-10H,5-6,11H2,1-4H3,(H,17,18). The number of anilines is 1. The summed E-state index contributed by atoms with van der Waals surface area (Å²) in [6.07, 6.45) is 0.553. The highest BCUT2D eigenvalue weighted by Gasteiger charge is 2.27. The Morgan fingerprint density at radius 3 is 2.39 bits per heavy atom. The molecular formula is C15H23NO2. The molecule has 0 saturated heterocycles. The zero-order chi connectivity index (χ0) is 13.8. The molecule has 0 aliphatic heterocycles. The molecule has 1 aromatic carbocycles. The van der Waals surface area contributed by atoms with E-state index in [0.29, 0.717) is 6.42 Å². The highest BCUT2D eigenvalue weighted by Crippen LogP contribution is 2.24. The SMILES string of the molecule is CCN(CC)c1cccc(CC(C)(C)C(=O)O)c1. The molecule has 0 spiro atoms. The molecule has 3 heteroatoms. The number of carbonyl (C=O) groups is 1.